The van der Waals surface area contributed by atoms with Crippen molar-refractivity contribution >= 4 is 23.5 Å². The molecule has 2 aromatic carbocycles. The maximum Gasteiger partial charge on any atom is 0.283 e. The van der Waals surface area contributed by atoms with Crippen molar-refractivity contribution in [1.82, 2.24) is 10.4 Å². The van der Waals surface area contributed by atoms with Crippen LogP contribution >= 0.6 is 11.3 Å². The van der Waals surface area contributed by atoms with Crippen molar-refractivity contribution in [3.63, 3.8) is 0 Å². The van der Waals surface area contributed by atoms with E-state index < -0.39 is 0 Å². The molecule has 1 amide bonds. The van der Waals surface area contributed by atoms with Gasteiger partial charge in [0, 0.05) is 11.1 Å². The van der Waals surface area contributed by atoms with Crippen molar-refractivity contribution in [2.75, 3.05) is 7.11 Å². The number of rotatable bonds is 7. The lowest BCUT2D eigenvalue weighted by Gasteiger charge is -2.13. The first-order valence-corrected chi connectivity index (χ1v) is 9.62. The molecule has 1 heterocycles. The zero-order valence-electron chi connectivity index (χ0n) is 16.2. The lowest BCUT2D eigenvalue weighted by molar-refractivity contribution is 0.0958. The molecule has 3 aromatic rings. The highest BCUT2D eigenvalue weighted by Crippen LogP contribution is 2.31. The summed E-state index contributed by atoms with van der Waals surface area (Å²) in [6.45, 7) is 3.64. The fourth-order valence-electron chi connectivity index (χ4n) is 2.67. The van der Waals surface area contributed by atoms with Gasteiger partial charge in [-0.2, -0.15) is 5.10 Å². The van der Waals surface area contributed by atoms with E-state index >= 15 is 0 Å². The van der Waals surface area contributed by atoms with Crippen LogP contribution in [0.5, 0.6) is 11.5 Å². The zero-order chi connectivity index (χ0) is 20.8. The maximum atomic E-state index is 13.9. The van der Waals surface area contributed by atoms with Gasteiger partial charge in [-0.15, -0.1) is 11.3 Å². The number of methoxy groups -OCH3 is 1. The standard InChI is InChI=1S/C21H20FN3O3S/c1-13-20(29-14(2)24-13)21(26)25-23-11-15-8-6-10-18(27-3)19(15)28-12-16-7-4-5-9-17(16)22/h4-11H,12H2,1-3H3,(H,25,26)/b23-11+. The van der Waals surface area contributed by atoms with Crippen LogP contribution in [0, 0.1) is 19.7 Å². The molecule has 0 fully saturated rings. The Labute approximate surface area is 172 Å². The lowest BCUT2D eigenvalue weighted by atomic mass is 10.2. The topological polar surface area (TPSA) is 72.8 Å². The maximum absolute atomic E-state index is 13.9. The Morgan fingerprint density at radius 3 is 2.72 bits per heavy atom. The van der Waals surface area contributed by atoms with Crippen LogP contribution in [0.3, 0.4) is 0 Å². The molecule has 0 unspecified atom stereocenters. The highest BCUT2D eigenvalue weighted by molar-refractivity contribution is 7.13. The predicted molar refractivity (Wildman–Crippen MR) is 110 cm³/mol. The summed E-state index contributed by atoms with van der Waals surface area (Å²) in [5.74, 6) is 0.202. The largest absolute Gasteiger partial charge is 0.493 e. The molecule has 0 bridgehead atoms. The number of benzene rings is 2. The number of amides is 1. The fraction of sp³-hybridized carbons (Fsp3) is 0.190. The van der Waals surface area contributed by atoms with Gasteiger partial charge in [0.1, 0.15) is 17.3 Å². The molecule has 1 N–H and O–H groups in total. The summed E-state index contributed by atoms with van der Waals surface area (Å²) in [5, 5.41) is 4.83. The van der Waals surface area contributed by atoms with Crippen molar-refractivity contribution in [1.29, 1.82) is 0 Å². The first-order valence-electron chi connectivity index (χ1n) is 8.80. The molecule has 0 saturated heterocycles. The van der Waals surface area contributed by atoms with E-state index in [4.69, 9.17) is 9.47 Å². The van der Waals surface area contributed by atoms with Crippen LogP contribution in [0.2, 0.25) is 0 Å². The number of carbonyl (C=O) groups is 1. The molecule has 150 valence electrons. The zero-order valence-corrected chi connectivity index (χ0v) is 17.0. The van der Waals surface area contributed by atoms with E-state index in [1.807, 2.05) is 6.92 Å². The van der Waals surface area contributed by atoms with Crippen LogP contribution in [0.1, 0.15) is 31.5 Å². The summed E-state index contributed by atoms with van der Waals surface area (Å²) >= 11 is 1.31. The molecule has 0 radical (unpaired) electrons. The molecule has 8 heteroatoms. The van der Waals surface area contributed by atoms with Gasteiger partial charge < -0.3 is 9.47 Å². The van der Waals surface area contributed by atoms with E-state index in [9.17, 15) is 9.18 Å². The molecule has 0 aliphatic rings. The van der Waals surface area contributed by atoms with E-state index in [1.54, 1.807) is 43.3 Å². The fourth-order valence-corrected chi connectivity index (χ4v) is 3.48. The van der Waals surface area contributed by atoms with Crippen LogP contribution in [-0.4, -0.2) is 24.2 Å². The molecular formula is C21H20FN3O3S. The monoisotopic (exact) mass is 413 g/mol. The Hall–Kier alpha value is -3.26. The third kappa shape index (κ3) is 4.97. The van der Waals surface area contributed by atoms with Crippen LogP contribution in [0.4, 0.5) is 4.39 Å². The number of hydrogen-bond donors (Lipinski definition) is 1. The van der Waals surface area contributed by atoms with Crippen molar-refractivity contribution in [3.8, 4) is 11.5 Å². The van der Waals surface area contributed by atoms with Crippen LogP contribution in [-0.2, 0) is 6.61 Å². The number of aromatic nitrogens is 1. The highest BCUT2D eigenvalue weighted by Gasteiger charge is 2.14. The average molecular weight is 413 g/mol. The summed E-state index contributed by atoms with van der Waals surface area (Å²) in [7, 11) is 1.52. The average Bonchev–Trinajstić information content (AvgIpc) is 3.05. The molecule has 0 saturated carbocycles. The van der Waals surface area contributed by atoms with Crippen molar-refractivity contribution in [2.24, 2.45) is 5.10 Å². The van der Waals surface area contributed by atoms with Gasteiger partial charge in [0.05, 0.1) is 24.0 Å². The van der Waals surface area contributed by atoms with Crippen molar-refractivity contribution < 1.29 is 18.7 Å². The van der Waals surface area contributed by atoms with Crippen LogP contribution in [0.25, 0.3) is 0 Å². The number of hydrogen-bond acceptors (Lipinski definition) is 6. The number of ether oxygens (including phenoxy) is 2. The number of nitrogens with zero attached hydrogens (tertiary/aromatic N) is 2. The summed E-state index contributed by atoms with van der Waals surface area (Å²) in [6, 6.07) is 11.7. The van der Waals surface area contributed by atoms with Gasteiger partial charge in [-0.1, -0.05) is 24.3 Å². The van der Waals surface area contributed by atoms with Gasteiger partial charge >= 0.3 is 0 Å². The molecule has 1 aromatic heterocycles. The number of para-hydroxylation sites is 1. The minimum Gasteiger partial charge on any atom is -0.493 e. The van der Waals surface area contributed by atoms with Gasteiger partial charge in [-0.3, -0.25) is 4.79 Å². The molecule has 0 atom stereocenters. The lowest BCUT2D eigenvalue weighted by Crippen LogP contribution is -2.17. The first kappa shape index (κ1) is 20.5. The first-order chi connectivity index (χ1) is 14.0. The number of nitrogens with one attached hydrogen (secondary N) is 1. The number of carbonyl (C=O) groups excluding carboxylic acids is 1. The van der Waals surface area contributed by atoms with Crippen LogP contribution in [0.15, 0.2) is 47.6 Å². The number of thiazole rings is 1. The molecule has 6 nitrogen and oxygen atoms in total. The predicted octanol–water partition coefficient (Wildman–Crippen LogP) is 4.25. The van der Waals surface area contributed by atoms with E-state index in [0.29, 0.717) is 33.2 Å². The van der Waals surface area contributed by atoms with Gasteiger partial charge in [-0.05, 0) is 32.0 Å². The highest BCUT2D eigenvalue weighted by atomic mass is 32.1. The number of aryl methyl sites for hydroxylation is 2. The summed E-state index contributed by atoms with van der Waals surface area (Å²) in [4.78, 5) is 17.0. The molecule has 0 spiro atoms. The van der Waals surface area contributed by atoms with Gasteiger partial charge in [-0.25, -0.2) is 14.8 Å². The summed E-state index contributed by atoms with van der Waals surface area (Å²) in [5.41, 5.74) is 4.16. The van der Waals surface area contributed by atoms with Gasteiger partial charge in [0.15, 0.2) is 11.5 Å². The number of halogens is 1. The number of hydrazone groups is 1. The van der Waals surface area contributed by atoms with E-state index in [0.717, 1.165) is 5.01 Å². The van der Waals surface area contributed by atoms with Crippen molar-refractivity contribution in [2.45, 2.75) is 20.5 Å². The van der Waals surface area contributed by atoms with E-state index in [2.05, 4.69) is 15.5 Å². The van der Waals surface area contributed by atoms with E-state index in [1.165, 1.54) is 30.7 Å². The summed E-state index contributed by atoms with van der Waals surface area (Å²) < 4.78 is 25.0. The third-order valence-electron chi connectivity index (χ3n) is 4.04. The Morgan fingerprint density at radius 2 is 2.03 bits per heavy atom. The second-order valence-corrected chi connectivity index (χ2v) is 7.31. The Balaban J connectivity index is 1.76. The van der Waals surface area contributed by atoms with E-state index in [-0.39, 0.29) is 18.3 Å². The third-order valence-corrected chi connectivity index (χ3v) is 5.11. The van der Waals surface area contributed by atoms with Gasteiger partial charge in [0.2, 0.25) is 0 Å². The second-order valence-electron chi connectivity index (χ2n) is 6.11. The second kappa shape index (κ2) is 9.29. The SMILES string of the molecule is COc1cccc(/C=N/NC(=O)c2sc(C)nc2C)c1OCc1ccccc1F. The smallest absolute Gasteiger partial charge is 0.283 e. The van der Waals surface area contributed by atoms with Crippen molar-refractivity contribution in [3.05, 3.63) is 75.0 Å². The molecule has 0 aliphatic heterocycles. The normalized spacial score (nSPS) is 10.9. The van der Waals surface area contributed by atoms with Crippen LogP contribution < -0.4 is 14.9 Å². The molecular weight excluding hydrogens is 393 g/mol. The minimum absolute atomic E-state index is 0.0274. The molecule has 3 rings (SSSR count). The summed E-state index contributed by atoms with van der Waals surface area (Å²) in [6.07, 6.45) is 1.46. The Bertz CT molecular complexity index is 1050. The molecule has 29 heavy (non-hydrogen) atoms. The Morgan fingerprint density at radius 1 is 1.24 bits per heavy atom. The molecule has 0 aliphatic carbocycles. The quantitative estimate of drug-likeness (QED) is 0.464. The minimum atomic E-state index is -0.347. The Kier molecular flexibility index (Phi) is 6.56. The van der Waals surface area contributed by atoms with Gasteiger partial charge in [0.25, 0.3) is 5.91 Å².